The molecule has 0 amide bonds. The van der Waals surface area contributed by atoms with Crippen molar-refractivity contribution in [2.24, 2.45) is 7.05 Å². The second kappa shape index (κ2) is 8.72. The van der Waals surface area contributed by atoms with Gasteiger partial charge in [0.05, 0.1) is 24.9 Å². The molecule has 1 aliphatic rings. The lowest BCUT2D eigenvalue weighted by molar-refractivity contribution is 0.0600. The molecule has 1 N–H and O–H groups in total. The number of methoxy groups -OCH3 is 1. The number of aromatic nitrogens is 4. The van der Waals surface area contributed by atoms with Crippen LogP contribution in [0.15, 0.2) is 33.9 Å². The van der Waals surface area contributed by atoms with E-state index in [1.54, 1.807) is 30.7 Å². The predicted molar refractivity (Wildman–Crippen MR) is 120 cm³/mol. The Labute approximate surface area is 184 Å². The number of carbonyl (C=O) groups excluding carboxylic acids is 1. The van der Waals surface area contributed by atoms with Crippen LogP contribution in [0.3, 0.4) is 0 Å². The Kier molecular flexibility index (Phi) is 5.83. The Morgan fingerprint density at radius 3 is 2.50 bits per heavy atom. The van der Waals surface area contributed by atoms with E-state index in [1.807, 2.05) is 0 Å². The van der Waals surface area contributed by atoms with Crippen LogP contribution in [0.5, 0.6) is 0 Å². The van der Waals surface area contributed by atoms with Crippen molar-refractivity contribution in [3.05, 3.63) is 50.7 Å². The summed E-state index contributed by atoms with van der Waals surface area (Å²) in [6.07, 6.45) is 0. The molecule has 0 spiro atoms. The van der Waals surface area contributed by atoms with Crippen LogP contribution in [0.4, 0.5) is 5.95 Å². The number of nitrogens with one attached hydrogen (secondary N) is 1. The molecular weight excluding hydrogens is 412 g/mol. The van der Waals surface area contributed by atoms with E-state index in [0.29, 0.717) is 28.4 Å². The Balaban J connectivity index is 1.96. The Hall–Kier alpha value is -3.84. The third kappa shape index (κ3) is 3.56. The Morgan fingerprint density at radius 2 is 1.88 bits per heavy atom. The maximum Gasteiger partial charge on any atom is 0.337 e. The monoisotopic (exact) mass is 436 g/mol. The normalized spacial score (nSPS) is 13.7. The summed E-state index contributed by atoms with van der Waals surface area (Å²) in [5.74, 6) is 6.00. The molecule has 0 radical (unpaired) electrons. The number of nitrogens with zero attached hydrogens (tertiary/aromatic N) is 5. The lowest BCUT2D eigenvalue weighted by Crippen LogP contribution is -2.44. The molecule has 32 heavy (non-hydrogen) atoms. The van der Waals surface area contributed by atoms with Gasteiger partial charge in [-0.1, -0.05) is 5.92 Å². The highest BCUT2D eigenvalue weighted by atomic mass is 16.5. The first-order valence-electron chi connectivity index (χ1n) is 10.2. The quantitative estimate of drug-likeness (QED) is 0.457. The van der Waals surface area contributed by atoms with Crippen molar-refractivity contribution in [3.8, 4) is 17.5 Å². The fraction of sp³-hybridized carbons (Fsp3) is 0.364. The summed E-state index contributed by atoms with van der Waals surface area (Å²) in [4.78, 5) is 45.2. The number of esters is 1. The number of benzene rings is 1. The first-order chi connectivity index (χ1) is 15.5. The van der Waals surface area contributed by atoms with Gasteiger partial charge in [-0.05, 0) is 31.2 Å². The summed E-state index contributed by atoms with van der Waals surface area (Å²) in [6, 6.07) is 6.13. The van der Waals surface area contributed by atoms with Gasteiger partial charge >= 0.3 is 11.7 Å². The number of hydrogen-bond acceptors (Lipinski definition) is 7. The smallest absolute Gasteiger partial charge is 0.337 e. The topological polar surface area (TPSA) is 103 Å². The molecule has 0 atom stereocenters. The molecule has 0 unspecified atom stereocenters. The second-order valence-corrected chi connectivity index (χ2v) is 7.35. The van der Waals surface area contributed by atoms with Crippen LogP contribution in [-0.4, -0.2) is 57.9 Å². The molecule has 0 aliphatic carbocycles. The summed E-state index contributed by atoms with van der Waals surface area (Å²) < 4.78 is 8.94. The number of hydrogen-bond donors (Lipinski definition) is 1. The van der Waals surface area contributed by atoms with E-state index in [1.165, 1.54) is 23.8 Å². The van der Waals surface area contributed by atoms with Gasteiger partial charge in [0.25, 0.3) is 5.56 Å². The molecule has 0 bridgehead atoms. The minimum atomic E-state index is -0.522. The summed E-state index contributed by atoms with van der Waals surface area (Å²) in [7, 11) is 2.88. The Bertz CT molecular complexity index is 1350. The largest absolute Gasteiger partial charge is 0.465 e. The fourth-order valence-corrected chi connectivity index (χ4v) is 3.81. The van der Waals surface area contributed by atoms with E-state index in [4.69, 9.17) is 4.74 Å². The number of piperazine rings is 1. The highest BCUT2D eigenvalue weighted by Gasteiger charge is 2.24. The van der Waals surface area contributed by atoms with Gasteiger partial charge in [-0.25, -0.2) is 14.2 Å². The number of anilines is 1. The van der Waals surface area contributed by atoms with Crippen molar-refractivity contribution >= 4 is 23.1 Å². The molecule has 1 saturated heterocycles. The van der Waals surface area contributed by atoms with Gasteiger partial charge < -0.3 is 15.0 Å². The molecule has 1 aliphatic heterocycles. The molecule has 2 aromatic heterocycles. The van der Waals surface area contributed by atoms with E-state index in [2.05, 4.69) is 27.0 Å². The predicted octanol–water partition coefficient (Wildman–Crippen LogP) is 0.105. The van der Waals surface area contributed by atoms with Crippen molar-refractivity contribution in [3.63, 3.8) is 0 Å². The highest BCUT2D eigenvalue weighted by Crippen LogP contribution is 2.20. The van der Waals surface area contributed by atoms with Crippen LogP contribution in [0.25, 0.3) is 16.9 Å². The van der Waals surface area contributed by atoms with E-state index in [-0.39, 0.29) is 6.54 Å². The molecule has 1 fully saturated rings. The lowest BCUT2D eigenvalue weighted by atomic mass is 10.2. The van der Waals surface area contributed by atoms with E-state index in [0.717, 1.165) is 30.7 Å². The van der Waals surface area contributed by atoms with Gasteiger partial charge in [0, 0.05) is 33.2 Å². The number of imidazole rings is 1. The zero-order chi connectivity index (χ0) is 22.8. The number of rotatable bonds is 4. The van der Waals surface area contributed by atoms with Gasteiger partial charge in [-0.3, -0.25) is 13.9 Å². The average Bonchev–Trinajstić information content (AvgIpc) is 3.22. The fourth-order valence-electron chi connectivity index (χ4n) is 3.81. The summed E-state index contributed by atoms with van der Waals surface area (Å²) >= 11 is 0. The number of ether oxygens (including phenoxy) is 1. The van der Waals surface area contributed by atoms with E-state index < -0.39 is 17.2 Å². The van der Waals surface area contributed by atoms with Gasteiger partial charge in [0.2, 0.25) is 5.95 Å². The molecule has 3 aromatic rings. The maximum atomic E-state index is 13.6. The molecule has 1 aromatic carbocycles. The van der Waals surface area contributed by atoms with Crippen molar-refractivity contribution in [1.82, 2.24) is 24.0 Å². The summed E-state index contributed by atoms with van der Waals surface area (Å²) in [5, 5.41) is 3.30. The van der Waals surface area contributed by atoms with Gasteiger partial charge in [-0.15, -0.1) is 5.92 Å². The van der Waals surface area contributed by atoms with Gasteiger partial charge in [0.15, 0.2) is 11.2 Å². The van der Waals surface area contributed by atoms with Crippen LogP contribution in [0, 0.1) is 11.8 Å². The standard InChI is InChI=1S/C22H24N6O4/c1-4-5-12-27-17-18(24-21(27)26-13-10-23-11-14-26)25(2)22(31)28(19(17)29)16-8-6-15(7-9-16)20(30)32-3/h6-9,23H,10-14H2,1-3H3. The van der Waals surface area contributed by atoms with Crippen LogP contribution >= 0.6 is 0 Å². The number of fused-ring (bicyclic) bond motifs is 1. The molecule has 3 heterocycles. The SMILES string of the molecule is CC#CCn1c(N2CCNCC2)nc2c1c(=O)n(-c1ccc(C(=O)OC)cc1)c(=O)n2C. The summed E-state index contributed by atoms with van der Waals surface area (Å²) in [5.41, 5.74) is 0.288. The summed E-state index contributed by atoms with van der Waals surface area (Å²) in [6.45, 7) is 5.10. The first kappa shape index (κ1) is 21.4. The van der Waals surface area contributed by atoms with Crippen molar-refractivity contribution in [2.75, 3.05) is 38.2 Å². The van der Waals surface area contributed by atoms with Crippen LogP contribution in [0.2, 0.25) is 0 Å². The van der Waals surface area contributed by atoms with Crippen molar-refractivity contribution in [2.45, 2.75) is 13.5 Å². The van der Waals surface area contributed by atoms with Gasteiger partial charge in [0.1, 0.15) is 0 Å². The van der Waals surface area contributed by atoms with Crippen LogP contribution in [-0.2, 0) is 18.3 Å². The molecule has 4 rings (SSSR count). The third-order valence-corrected chi connectivity index (χ3v) is 5.49. The highest BCUT2D eigenvalue weighted by molar-refractivity contribution is 5.89. The molecule has 166 valence electrons. The minimum absolute atomic E-state index is 0.279. The number of aryl methyl sites for hydroxylation is 1. The molecule has 10 heteroatoms. The molecule has 10 nitrogen and oxygen atoms in total. The van der Waals surface area contributed by atoms with Crippen LogP contribution < -0.4 is 21.5 Å². The zero-order valence-electron chi connectivity index (χ0n) is 18.2. The molecular formula is C22H24N6O4. The maximum absolute atomic E-state index is 13.6. The van der Waals surface area contributed by atoms with Gasteiger partial charge in [-0.2, -0.15) is 4.98 Å². The van der Waals surface area contributed by atoms with Crippen LogP contribution in [0.1, 0.15) is 17.3 Å². The van der Waals surface area contributed by atoms with Crippen molar-refractivity contribution < 1.29 is 9.53 Å². The lowest BCUT2D eigenvalue weighted by Gasteiger charge is -2.28. The zero-order valence-corrected chi connectivity index (χ0v) is 18.2. The van der Waals surface area contributed by atoms with Crippen molar-refractivity contribution in [1.29, 1.82) is 0 Å². The first-order valence-corrected chi connectivity index (χ1v) is 10.2. The third-order valence-electron chi connectivity index (χ3n) is 5.49. The molecule has 0 saturated carbocycles. The second-order valence-electron chi connectivity index (χ2n) is 7.35. The number of carbonyl (C=O) groups is 1. The van der Waals surface area contributed by atoms with E-state index in [9.17, 15) is 14.4 Å². The minimum Gasteiger partial charge on any atom is -0.465 e. The Morgan fingerprint density at radius 1 is 1.19 bits per heavy atom. The van der Waals surface area contributed by atoms with E-state index >= 15 is 0 Å². The average molecular weight is 436 g/mol.